The number of fused-ring (bicyclic) bond motifs is 1. The van der Waals surface area contributed by atoms with E-state index < -0.39 is 6.10 Å². The molecule has 2 aromatic carbocycles. The molecule has 1 aliphatic rings. The highest BCUT2D eigenvalue weighted by Crippen LogP contribution is 2.33. The van der Waals surface area contributed by atoms with Crippen molar-refractivity contribution in [1.29, 1.82) is 0 Å². The zero-order valence-electron chi connectivity index (χ0n) is 20.7. The van der Waals surface area contributed by atoms with Crippen molar-refractivity contribution < 1.29 is 9.90 Å². The van der Waals surface area contributed by atoms with Gasteiger partial charge in [0.15, 0.2) is 0 Å². The number of aryl methyl sites for hydroxylation is 1. The Kier molecular flexibility index (Phi) is 7.76. The van der Waals surface area contributed by atoms with Crippen molar-refractivity contribution >= 4 is 39.1 Å². The molecule has 1 aliphatic heterocycles. The molecule has 5 rings (SSSR count). The lowest BCUT2D eigenvalue weighted by molar-refractivity contribution is 0.0693. The molecule has 1 unspecified atom stereocenters. The van der Waals surface area contributed by atoms with Gasteiger partial charge >= 0.3 is 0 Å². The number of rotatable bonds is 8. The van der Waals surface area contributed by atoms with E-state index in [0.717, 1.165) is 40.2 Å². The number of thiophene rings is 1. The number of nitrogens with one attached hydrogen (secondary N) is 1. The molecule has 1 saturated heterocycles. The molecule has 2 atom stereocenters. The summed E-state index contributed by atoms with van der Waals surface area (Å²) in [5.74, 6) is -0.387. The second-order valence-electron chi connectivity index (χ2n) is 9.43. The summed E-state index contributed by atoms with van der Waals surface area (Å²) in [5.41, 5.74) is 1.73. The van der Waals surface area contributed by atoms with Gasteiger partial charge in [0.05, 0.1) is 11.5 Å². The normalized spacial score (nSPS) is 16.8. The number of aliphatic hydroxyl groups excluding tert-OH is 1. The van der Waals surface area contributed by atoms with Gasteiger partial charge in [-0.25, -0.2) is 0 Å². The van der Waals surface area contributed by atoms with E-state index in [4.69, 9.17) is 11.6 Å². The summed E-state index contributed by atoms with van der Waals surface area (Å²) in [7, 11) is 0. The van der Waals surface area contributed by atoms with E-state index in [0.29, 0.717) is 30.0 Å². The van der Waals surface area contributed by atoms with Crippen LogP contribution in [0.1, 0.15) is 52.2 Å². The van der Waals surface area contributed by atoms with Crippen molar-refractivity contribution in [2.45, 2.75) is 51.5 Å². The minimum Gasteiger partial charge on any atom is -0.387 e. The molecule has 1 fully saturated rings. The Labute approximate surface area is 225 Å². The number of carbonyl (C=O) groups excluding carboxylic acids is 1. The van der Waals surface area contributed by atoms with Gasteiger partial charge in [-0.2, -0.15) is 0 Å². The fraction of sp³-hybridized carbons (Fsp3) is 0.310. The molecule has 2 aromatic heterocycles. The van der Waals surface area contributed by atoms with Crippen LogP contribution in [0.2, 0.25) is 5.02 Å². The number of aromatic nitrogens is 1. The monoisotopic (exact) mass is 535 g/mol. The number of benzene rings is 2. The Hall–Kier alpha value is -2.97. The number of hydrogen-bond donors (Lipinski definition) is 2. The molecule has 3 heterocycles. The van der Waals surface area contributed by atoms with E-state index in [1.807, 2.05) is 60.0 Å². The third-order valence-corrected chi connectivity index (χ3v) is 8.44. The Morgan fingerprint density at radius 2 is 1.95 bits per heavy atom. The highest BCUT2D eigenvalue weighted by atomic mass is 35.5. The average Bonchev–Trinajstić information content (AvgIpc) is 3.56. The van der Waals surface area contributed by atoms with E-state index in [1.165, 1.54) is 0 Å². The van der Waals surface area contributed by atoms with Crippen LogP contribution in [0.3, 0.4) is 0 Å². The Bertz CT molecular complexity index is 1450. The zero-order chi connectivity index (χ0) is 25.9. The Morgan fingerprint density at radius 3 is 2.68 bits per heavy atom. The van der Waals surface area contributed by atoms with Gasteiger partial charge in [0, 0.05) is 41.8 Å². The summed E-state index contributed by atoms with van der Waals surface area (Å²) in [6, 6.07) is 19.0. The van der Waals surface area contributed by atoms with Crippen LogP contribution in [0.15, 0.2) is 71.7 Å². The molecule has 0 aliphatic carbocycles. The van der Waals surface area contributed by atoms with Crippen molar-refractivity contribution in [3.63, 3.8) is 0 Å². The minimum absolute atomic E-state index is 0.0341. The summed E-state index contributed by atoms with van der Waals surface area (Å²) in [6.45, 7) is 4.53. The highest BCUT2D eigenvalue weighted by molar-refractivity contribution is 7.18. The molecule has 8 heteroatoms. The zero-order valence-corrected chi connectivity index (χ0v) is 22.3. The molecular formula is C29H30ClN3O3S. The van der Waals surface area contributed by atoms with E-state index in [-0.39, 0.29) is 22.9 Å². The van der Waals surface area contributed by atoms with Crippen LogP contribution < -0.4 is 10.7 Å². The maximum absolute atomic E-state index is 13.4. The molecule has 37 heavy (non-hydrogen) atoms. The largest absolute Gasteiger partial charge is 0.387 e. The number of nitrogens with zero attached hydrogens (tertiary/aromatic N) is 2. The smallest absolute Gasteiger partial charge is 0.257 e. The number of halogens is 1. The molecule has 6 nitrogen and oxygen atoms in total. The van der Waals surface area contributed by atoms with Gasteiger partial charge in [-0.15, -0.1) is 11.3 Å². The second kappa shape index (κ2) is 11.2. The molecule has 4 aromatic rings. The first-order valence-corrected chi connectivity index (χ1v) is 13.8. The summed E-state index contributed by atoms with van der Waals surface area (Å²) in [4.78, 5) is 30.6. The lowest BCUT2D eigenvalue weighted by Crippen LogP contribution is -2.33. The topological polar surface area (TPSA) is 74.6 Å². The van der Waals surface area contributed by atoms with Crippen LogP contribution >= 0.6 is 22.9 Å². The van der Waals surface area contributed by atoms with Gasteiger partial charge in [0.25, 0.3) is 5.91 Å². The average molecular weight is 536 g/mol. The van der Waals surface area contributed by atoms with Crippen LogP contribution in [-0.2, 0) is 19.6 Å². The van der Waals surface area contributed by atoms with Crippen molar-refractivity contribution in [2.24, 2.45) is 0 Å². The molecule has 192 valence electrons. The molecule has 0 bridgehead atoms. The van der Waals surface area contributed by atoms with Gasteiger partial charge in [-0.05, 0) is 55.6 Å². The second-order valence-corrected chi connectivity index (χ2v) is 11.0. The number of likely N-dealkylation sites (tertiary alicyclic amines) is 1. The van der Waals surface area contributed by atoms with Crippen molar-refractivity contribution in [2.75, 3.05) is 6.54 Å². The van der Waals surface area contributed by atoms with E-state index >= 15 is 0 Å². The maximum Gasteiger partial charge on any atom is 0.257 e. The predicted molar refractivity (Wildman–Crippen MR) is 149 cm³/mol. The molecule has 0 saturated carbocycles. The standard InChI is InChI=1S/C29H30ClN3O3S/c1-2-32-18-24(28(36)31-16-19-10-12-21(30)13-11-19)27(35)23-15-22(37-29(23)32)17-33-14-6-9-25(33)26(34)20-7-4-3-5-8-20/h3-5,7-8,10-13,15,18,25-26,34H,2,6,9,14,16-17H2,1H3,(H,31,36)/t25?,26-/m0/s1. The third kappa shape index (κ3) is 5.50. The van der Waals surface area contributed by atoms with Crippen LogP contribution in [0.25, 0.3) is 10.2 Å². The van der Waals surface area contributed by atoms with Crippen molar-refractivity contribution in [3.05, 3.63) is 104 Å². The summed E-state index contributed by atoms with van der Waals surface area (Å²) >= 11 is 7.53. The van der Waals surface area contributed by atoms with Crippen LogP contribution in [-0.4, -0.2) is 33.1 Å². The van der Waals surface area contributed by atoms with Crippen LogP contribution in [0.5, 0.6) is 0 Å². The predicted octanol–water partition coefficient (Wildman–Crippen LogP) is 5.36. The van der Waals surface area contributed by atoms with E-state index in [2.05, 4.69) is 10.2 Å². The van der Waals surface area contributed by atoms with Gasteiger partial charge < -0.3 is 15.0 Å². The van der Waals surface area contributed by atoms with E-state index in [9.17, 15) is 14.7 Å². The fourth-order valence-corrected chi connectivity index (χ4v) is 6.40. The van der Waals surface area contributed by atoms with Crippen molar-refractivity contribution in [3.8, 4) is 0 Å². The number of hydrogen-bond acceptors (Lipinski definition) is 5. The quantitative estimate of drug-likeness (QED) is 0.318. The number of amides is 1. The first-order valence-electron chi connectivity index (χ1n) is 12.6. The fourth-order valence-electron chi connectivity index (χ4n) is 5.06. The third-order valence-electron chi connectivity index (χ3n) is 7.03. The van der Waals surface area contributed by atoms with Gasteiger partial charge in [0.1, 0.15) is 10.4 Å². The number of carbonyl (C=O) groups is 1. The van der Waals surface area contributed by atoms with Gasteiger partial charge in [0.2, 0.25) is 5.43 Å². The minimum atomic E-state index is -0.551. The van der Waals surface area contributed by atoms with Crippen molar-refractivity contribution in [1.82, 2.24) is 14.8 Å². The van der Waals surface area contributed by atoms with Gasteiger partial charge in [-0.3, -0.25) is 14.5 Å². The highest BCUT2D eigenvalue weighted by Gasteiger charge is 2.32. The Balaban J connectivity index is 1.37. The number of pyridine rings is 1. The summed E-state index contributed by atoms with van der Waals surface area (Å²) in [6.07, 6.45) is 3.07. The summed E-state index contributed by atoms with van der Waals surface area (Å²) in [5, 5.41) is 15.1. The molecular weight excluding hydrogens is 506 g/mol. The first kappa shape index (κ1) is 25.7. The first-order chi connectivity index (χ1) is 17.9. The maximum atomic E-state index is 13.4. The molecule has 2 N–H and O–H groups in total. The van der Waals surface area contributed by atoms with E-state index in [1.54, 1.807) is 29.7 Å². The lowest BCUT2D eigenvalue weighted by atomic mass is 10.0. The molecule has 0 spiro atoms. The lowest BCUT2D eigenvalue weighted by Gasteiger charge is -2.28. The SMILES string of the molecule is CCn1cc(C(=O)NCc2ccc(Cl)cc2)c(=O)c2cc(CN3CCCC3[C@@H](O)c3ccccc3)sc21. The Morgan fingerprint density at radius 1 is 1.19 bits per heavy atom. The van der Waals surface area contributed by atoms with Crippen LogP contribution in [0.4, 0.5) is 0 Å². The molecule has 1 amide bonds. The van der Waals surface area contributed by atoms with Crippen LogP contribution in [0, 0.1) is 0 Å². The van der Waals surface area contributed by atoms with Gasteiger partial charge in [-0.1, -0.05) is 54.1 Å². The molecule has 0 radical (unpaired) electrons. The summed E-state index contributed by atoms with van der Waals surface area (Å²) < 4.78 is 1.97. The number of aliphatic hydroxyl groups is 1.